The molecule has 1 aliphatic carbocycles. The average molecular weight is 725 g/mol. The second kappa shape index (κ2) is 12.4. The van der Waals surface area contributed by atoms with Gasteiger partial charge in [-0.2, -0.15) is 26.3 Å². The lowest BCUT2D eigenvalue weighted by Gasteiger charge is -2.14. The third-order valence-corrected chi connectivity index (χ3v) is 7.92. The first-order valence-electron chi connectivity index (χ1n) is 12.3. The molecule has 1 saturated carbocycles. The van der Waals surface area contributed by atoms with Crippen LogP contribution >= 0.6 is 34.8 Å². The molecular weight excluding hydrogens is 711 g/mol. The number of amides is 2. The lowest BCUT2D eigenvalue weighted by molar-refractivity contribution is -0.168. The van der Waals surface area contributed by atoms with Gasteiger partial charge < -0.3 is 16.0 Å². The van der Waals surface area contributed by atoms with E-state index in [0.717, 1.165) is 12.1 Å². The quantitative estimate of drug-likeness (QED) is 0.161. The van der Waals surface area contributed by atoms with Gasteiger partial charge in [0.1, 0.15) is 27.6 Å². The van der Waals surface area contributed by atoms with E-state index in [1.807, 2.05) is 10.6 Å². The molecule has 46 heavy (non-hydrogen) atoms. The van der Waals surface area contributed by atoms with Crippen molar-refractivity contribution >= 4 is 69.5 Å². The minimum atomic E-state index is -5.26. The summed E-state index contributed by atoms with van der Waals surface area (Å²) in [6, 6.07) is 4.00. The summed E-state index contributed by atoms with van der Waals surface area (Å²) in [5.41, 5.74) is -4.74. The van der Waals surface area contributed by atoms with Crippen molar-refractivity contribution in [1.82, 2.24) is 0 Å². The highest BCUT2D eigenvalue weighted by Gasteiger charge is 2.67. The van der Waals surface area contributed by atoms with Crippen LogP contribution in [0.15, 0.2) is 42.5 Å². The molecule has 3 aromatic rings. The highest BCUT2D eigenvalue weighted by molar-refractivity contribution is 6.53. The first-order valence-corrected chi connectivity index (χ1v) is 13.4. The van der Waals surface area contributed by atoms with E-state index >= 15 is 0 Å². The van der Waals surface area contributed by atoms with E-state index in [1.165, 1.54) is 0 Å². The Balaban J connectivity index is 1.54. The number of anilines is 3. The van der Waals surface area contributed by atoms with E-state index in [1.54, 1.807) is 0 Å². The van der Waals surface area contributed by atoms with Gasteiger partial charge in [0.2, 0.25) is 5.91 Å². The number of ketones is 1. The van der Waals surface area contributed by atoms with Crippen LogP contribution in [-0.4, -0.2) is 34.7 Å². The molecule has 2 atom stereocenters. The Hall–Kier alpha value is -3.76. The third kappa shape index (κ3) is 7.28. The van der Waals surface area contributed by atoms with Gasteiger partial charge in [0.25, 0.3) is 11.7 Å². The second-order valence-electron chi connectivity index (χ2n) is 9.72. The molecule has 3 N–H and O–H groups in total. The van der Waals surface area contributed by atoms with Crippen molar-refractivity contribution in [2.75, 3.05) is 22.5 Å². The maximum atomic E-state index is 14.6. The van der Waals surface area contributed by atoms with Gasteiger partial charge in [-0.25, -0.2) is 17.6 Å². The molecule has 1 aliphatic rings. The van der Waals surface area contributed by atoms with Gasteiger partial charge in [-0.3, -0.25) is 14.4 Å². The number of alkyl halides is 8. The standard InChI is InChI=1S/C27H14Cl3F10N3O3/c28-22-11(23(45)43-18-7-17(14(32)6-15(18)33)41-8-19(44)27(38,39)40)4-10(5-16(22)34)42-24(46)21-20(25(21,29)30)9-1-2-13(31)12(3-9)26(35,36)37/h1-7,20-21,41H,8H2,(H,42,46)(H,43,45)/t20-,21+/m0/s1. The number of hydrogen-bond donors (Lipinski definition) is 3. The predicted molar refractivity (Wildman–Crippen MR) is 146 cm³/mol. The maximum Gasteiger partial charge on any atom is 0.451 e. The third-order valence-electron chi connectivity index (χ3n) is 6.59. The normalized spacial score (nSPS) is 17.3. The second-order valence-corrected chi connectivity index (χ2v) is 11.5. The molecule has 0 spiro atoms. The number of carbonyl (C=O) groups is 3. The summed E-state index contributed by atoms with van der Waals surface area (Å²) in [4.78, 5) is 36.9. The Morgan fingerprint density at radius 1 is 0.783 bits per heavy atom. The largest absolute Gasteiger partial charge is 0.451 e. The van der Waals surface area contributed by atoms with E-state index in [4.69, 9.17) is 34.8 Å². The Morgan fingerprint density at radius 2 is 1.41 bits per heavy atom. The van der Waals surface area contributed by atoms with Gasteiger partial charge in [-0.05, 0) is 35.9 Å². The molecule has 0 saturated heterocycles. The van der Waals surface area contributed by atoms with Crippen LogP contribution in [0.5, 0.6) is 0 Å². The summed E-state index contributed by atoms with van der Waals surface area (Å²) in [6.45, 7) is -1.43. The predicted octanol–water partition coefficient (Wildman–Crippen LogP) is 8.24. The van der Waals surface area contributed by atoms with E-state index in [-0.39, 0.29) is 11.6 Å². The minimum Gasteiger partial charge on any atom is -0.375 e. The summed E-state index contributed by atoms with van der Waals surface area (Å²) in [5.74, 6) is -13.2. The summed E-state index contributed by atoms with van der Waals surface area (Å²) in [7, 11) is 0. The fourth-order valence-electron chi connectivity index (χ4n) is 4.31. The Labute approximate surface area is 266 Å². The number of hydrogen-bond acceptors (Lipinski definition) is 4. The number of rotatable bonds is 8. The molecule has 0 radical (unpaired) electrons. The van der Waals surface area contributed by atoms with Gasteiger partial charge in [-0.1, -0.05) is 17.7 Å². The summed E-state index contributed by atoms with van der Waals surface area (Å²) < 4.78 is 132. The molecule has 3 aromatic carbocycles. The molecule has 0 bridgehead atoms. The smallest absolute Gasteiger partial charge is 0.375 e. The highest BCUT2D eigenvalue weighted by atomic mass is 35.5. The van der Waals surface area contributed by atoms with Crippen LogP contribution in [0, 0.1) is 29.2 Å². The highest BCUT2D eigenvalue weighted by Crippen LogP contribution is 2.65. The van der Waals surface area contributed by atoms with Crippen molar-refractivity contribution in [2.24, 2.45) is 5.92 Å². The van der Waals surface area contributed by atoms with Crippen molar-refractivity contribution in [3.8, 4) is 0 Å². The molecule has 0 heterocycles. The topological polar surface area (TPSA) is 87.3 Å². The lowest BCUT2D eigenvalue weighted by atomic mass is 10.0. The van der Waals surface area contributed by atoms with E-state index < -0.39 is 109 Å². The number of nitrogens with one attached hydrogen (secondary N) is 3. The van der Waals surface area contributed by atoms with Gasteiger partial charge in [-0.15, -0.1) is 23.2 Å². The van der Waals surface area contributed by atoms with Crippen LogP contribution < -0.4 is 16.0 Å². The van der Waals surface area contributed by atoms with Crippen LogP contribution in [0.25, 0.3) is 0 Å². The summed E-state index contributed by atoms with van der Waals surface area (Å²) >= 11 is 18.1. The molecule has 2 amide bonds. The van der Waals surface area contributed by atoms with Gasteiger partial charge in [0.05, 0.1) is 40.0 Å². The summed E-state index contributed by atoms with van der Waals surface area (Å²) in [6.07, 6.45) is -10.3. The van der Waals surface area contributed by atoms with Gasteiger partial charge in [0.15, 0.2) is 0 Å². The molecule has 0 aliphatic heterocycles. The molecule has 4 rings (SSSR count). The van der Waals surface area contributed by atoms with Crippen molar-refractivity contribution in [3.05, 3.63) is 87.4 Å². The van der Waals surface area contributed by atoms with Crippen LogP contribution in [0.1, 0.15) is 27.4 Å². The number of benzene rings is 3. The van der Waals surface area contributed by atoms with Crippen LogP contribution in [0.3, 0.4) is 0 Å². The van der Waals surface area contributed by atoms with E-state index in [0.29, 0.717) is 24.3 Å². The zero-order valence-electron chi connectivity index (χ0n) is 22.0. The summed E-state index contributed by atoms with van der Waals surface area (Å²) in [5, 5.41) is 5.03. The fraction of sp³-hybridized carbons (Fsp3) is 0.222. The first kappa shape index (κ1) is 35.1. The van der Waals surface area contributed by atoms with Crippen LogP contribution in [0.2, 0.25) is 5.02 Å². The molecule has 246 valence electrons. The van der Waals surface area contributed by atoms with Crippen molar-refractivity contribution in [1.29, 1.82) is 0 Å². The number of Topliss-reactive ketones (excluding diaryl/α,β-unsaturated/α-hetero) is 1. The minimum absolute atomic E-state index is 0.171. The van der Waals surface area contributed by atoms with Crippen LogP contribution in [-0.2, 0) is 15.8 Å². The van der Waals surface area contributed by atoms with Crippen molar-refractivity contribution in [3.63, 3.8) is 0 Å². The van der Waals surface area contributed by atoms with E-state index in [9.17, 15) is 58.3 Å². The lowest BCUT2D eigenvalue weighted by Crippen LogP contribution is -2.29. The first-order chi connectivity index (χ1) is 21.1. The number of carbonyl (C=O) groups excluding carboxylic acids is 3. The zero-order chi connectivity index (χ0) is 34.5. The SMILES string of the molecule is O=C(Nc1cc(NCC(=O)C(F)(F)F)c(F)cc1F)c1cc(NC(=O)[C@H]2[C@H](c3ccc(F)c(C(F)(F)F)c3)C2(Cl)Cl)cc(F)c1Cl. The van der Waals surface area contributed by atoms with Crippen molar-refractivity contribution in [2.45, 2.75) is 22.6 Å². The number of halogens is 13. The Bertz CT molecular complexity index is 1750. The average Bonchev–Trinajstić information content (AvgIpc) is 3.51. The van der Waals surface area contributed by atoms with E-state index in [2.05, 4.69) is 5.32 Å². The molecule has 0 unspecified atom stereocenters. The van der Waals surface area contributed by atoms with Crippen molar-refractivity contribution < 1.29 is 58.3 Å². The monoisotopic (exact) mass is 723 g/mol. The fourth-order valence-corrected chi connectivity index (χ4v) is 5.34. The zero-order valence-corrected chi connectivity index (χ0v) is 24.3. The molecule has 19 heteroatoms. The van der Waals surface area contributed by atoms with Crippen LogP contribution in [0.4, 0.5) is 61.0 Å². The van der Waals surface area contributed by atoms with Gasteiger partial charge >= 0.3 is 12.4 Å². The maximum absolute atomic E-state index is 14.6. The Morgan fingerprint density at radius 3 is 2.02 bits per heavy atom. The molecular formula is C27H14Cl3F10N3O3. The molecule has 6 nitrogen and oxygen atoms in total. The van der Waals surface area contributed by atoms with Gasteiger partial charge in [0, 0.05) is 17.7 Å². The molecule has 0 aromatic heterocycles. The Kier molecular flexibility index (Phi) is 9.50. The molecule has 1 fully saturated rings.